The summed E-state index contributed by atoms with van der Waals surface area (Å²) in [6.07, 6.45) is 1.49. The molecule has 10 heavy (non-hydrogen) atoms. The van der Waals surface area contributed by atoms with Crippen LogP contribution < -0.4 is 5.32 Å². The predicted octanol–water partition coefficient (Wildman–Crippen LogP) is 0.544. The normalized spacial score (nSPS) is 13.1. The third-order valence-corrected chi connectivity index (χ3v) is 1.00. The second-order valence-electron chi connectivity index (χ2n) is 1.74. The molecular formula is C6H12N2O2. The Morgan fingerprint density at radius 1 is 1.70 bits per heavy atom. The number of amidine groups is 1. The van der Waals surface area contributed by atoms with Crippen LogP contribution in [-0.2, 0) is 4.74 Å². The molecule has 0 heterocycles. The van der Waals surface area contributed by atoms with Gasteiger partial charge in [0.15, 0.2) is 5.84 Å². The third kappa shape index (κ3) is 2.39. The molecule has 0 aliphatic heterocycles. The molecule has 0 rings (SSSR count). The van der Waals surface area contributed by atoms with Crippen molar-refractivity contribution in [2.24, 2.45) is 5.16 Å². The van der Waals surface area contributed by atoms with E-state index in [1.807, 2.05) is 0 Å². The summed E-state index contributed by atoms with van der Waals surface area (Å²) in [4.78, 5) is 0. The summed E-state index contributed by atoms with van der Waals surface area (Å²) in [6, 6.07) is 0. The first-order valence-corrected chi connectivity index (χ1v) is 2.86. The van der Waals surface area contributed by atoms with Crippen molar-refractivity contribution < 1.29 is 9.94 Å². The van der Waals surface area contributed by atoms with Crippen molar-refractivity contribution in [2.45, 2.75) is 6.92 Å². The van der Waals surface area contributed by atoms with Crippen LogP contribution in [0.2, 0.25) is 0 Å². The van der Waals surface area contributed by atoms with Crippen LogP contribution in [0.3, 0.4) is 0 Å². The Labute approximate surface area is 60.2 Å². The lowest BCUT2D eigenvalue weighted by atomic mass is 10.3. The molecule has 0 aliphatic carbocycles. The van der Waals surface area contributed by atoms with Crippen molar-refractivity contribution >= 4 is 5.84 Å². The Hall–Kier alpha value is -1.19. The van der Waals surface area contributed by atoms with E-state index in [9.17, 15) is 0 Å². The summed E-state index contributed by atoms with van der Waals surface area (Å²) >= 11 is 0. The molecule has 0 unspecified atom stereocenters. The molecule has 0 aromatic heterocycles. The van der Waals surface area contributed by atoms with Gasteiger partial charge in [-0.3, -0.25) is 0 Å². The van der Waals surface area contributed by atoms with E-state index >= 15 is 0 Å². The fraction of sp³-hybridized carbons (Fsp3) is 0.500. The number of hydrogen-bond donors (Lipinski definition) is 2. The molecule has 0 aromatic rings. The summed E-state index contributed by atoms with van der Waals surface area (Å²) in [6.45, 7) is 1.77. The highest BCUT2D eigenvalue weighted by atomic mass is 16.5. The molecule has 0 bridgehead atoms. The van der Waals surface area contributed by atoms with E-state index in [0.29, 0.717) is 5.84 Å². The Balaban J connectivity index is 4.16. The van der Waals surface area contributed by atoms with Gasteiger partial charge < -0.3 is 15.3 Å². The first-order valence-electron chi connectivity index (χ1n) is 2.86. The predicted molar refractivity (Wildman–Crippen MR) is 39.0 cm³/mol. The fourth-order valence-corrected chi connectivity index (χ4v) is 0.559. The first kappa shape index (κ1) is 8.81. The molecule has 0 amide bonds. The van der Waals surface area contributed by atoms with Gasteiger partial charge in [0.05, 0.1) is 13.4 Å². The van der Waals surface area contributed by atoms with Gasteiger partial charge in [-0.1, -0.05) is 5.16 Å². The quantitative estimate of drug-likeness (QED) is 0.195. The monoisotopic (exact) mass is 144 g/mol. The lowest BCUT2D eigenvalue weighted by Crippen LogP contribution is -2.19. The minimum Gasteiger partial charge on any atom is -0.504 e. The molecule has 0 saturated carbocycles. The molecular weight excluding hydrogens is 132 g/mol. The van der Waals surface area contributed by atoms with Crippen LogP contribution >= 0.6 is 0 Å². The molecule has 58 valence electrons. The van der Waals surface area contributed by atoms with E-state index in [1.165, 1.54) is 13.4 Å². The SMILES string of the molecule is CNC(=N/O)/C(C)=C/OC. The molecule has 4 nitrogen and oxygen atoms in total. The number of hydrogen-bond acceptors (Lipinski definition) is 3. The average molecular weight is 144 g/mol. The highest BCUT2D eigenvalue weighted by molar-refractivity contribution is 5.96. The largest absolute Gasteiger partial charge is 0.504 e. The summed E-state index contributed by atoms with van der Waals surface area (Å²) in [5.74, 6) is 0.404. The minimum absolute atomic E-state index is 0.404. The number of likely N-dealkylation sites (N-methyl/N-ethyl adjacent to an activating group) is 1. The minimum atomic E-state index is 0.404. The average Bonchev–Trinajstić information content (AvgIpc) is 1.91. The lowest BCUT2D eigenvalue weighted by Gasteiger charge is -2.01. The standard InChI is InChI=1S/C6H12N2O2/c1-5(4-10-3)6(7-2)8-9/h4,9H,1-3H3,(H,7,8)/b5-4+. The zero-order valence-corrected chi connectivity index (χ0v) is 6.38. The van der Waals surface area contributed by atoms with Gasteiger partial charge in [0.1, 0.15) is 0 Å². The summed E-state index contributed by atoms with van der Waals surface area (Å²) in [5, 5.41) is 14.0. The zero-order valence-electron chi connectivity index (χ0n) is 6.38. The van der Waals surface area contributed by atoms with Crippen LogP contribution in [0.5, 0.6) is 0 Å². The summed E-state index contributed by atoms with van der Waals surface area (Å²) in [7, 11) is 3.20. The van der Waals surface area contributed by atoms with Crippen molar-refractivity contribution in [2.75, 3.05) is 14.2 Å². The number of ether oxygens (including phenoxy) is 1. The van der Waals surface area contributed by atoms with E-state index < -0.39 is 0 Å². The summed E-state index contributed by atoms with van der Waals surface area (Å²) < 4.78 is 4.69. The number of oxime groups is 1. The number of nitrogens with one attached hydrogen (secondary N) is 1. The Bertz CT molecular complexity index is 152. The molecule has 0 aliphatic rings. The second kappa shape index (κ2) is 4.67. The van der Waals surface area contributed by atoms with Crippen LogP contribution in [-0.4, -0.2) is 25.2 Å². The van der Waals surface area contributed by atoms with E-state index in [2.05, 4.69) is 10.5 Å². The maximum absolute atomic E-state index is 8.35. The van der Waals surface area contributed by atoms with Crippen LogP contribution in [0.25, 0.3) is 0 Å². The van der Waals surface area contributed by atoms with Gasteiger partial charge in [-0.25, -0.2) is 0 Å². The van der Waals surface area contributed by atoms with Gasteiger partial charge in [0.25, 0.3) is 0 Å². The molecule has 0 aromatic carbocycles. The Morgan fingerprint density at radius 3 is 2.60 bits per heavy atom. The van der Waals surface area contributed by atoms with Crippen molar-refractivity contribution in [3.05, 3.63) is 11.8 Å². The molecule has 0 fully saturated rings. The van der Waals surface area contributed by atoms with E-state index in [0.717, 1.165) is 5.57 Å². The molecule has 0 spiro atoms. The van der Waals surface area contributed by atoms with Crippen LogP contribution in [0.15, 0.2) is 17.0 Å². The second-order valence-corrected chi connectivity index (χ2v) is 1.74. The van der Waals surface area contributed by atoms with Gasteiger partial charge in [0, 0.05) is 12.6 Å². The molecule has 4 heteroatoms. The van der Waals surface area contributed by atoms with Gasteiger partial charge >= 0.3 is 0 Å². The number of methoxy groups -OCH3 is 1. The van der Waals surface area contributed by atoms with E-state index in [4.69, 9.17) is 9.94 Å². The first-order chi connectivity index (χ1) is 4.76. The molecule has 2 N–H and O–H groups in total. The topological polar surface area (TPSA) is 53.9 Å². The molecule has 0 radical (unpaired) electrons. The summed E-state index contributed by atoms with van der Waals surface area (Å²) in [5.41, 5.74) is 0.743. The molecule has 0 atom stereocenters. The molecule has 0 saturated heterocycles. The fourth-order valence-electron chi connectivity index (χ4n) is 0.559. The van der Waals surface area contributed by atoms with Crippen LogP contribution in [0.1, 0.15) is 6.92 Å². The van der Waals surface area contributed by atoms with Crippen molar-refractivity contribution in [1.29, 1.82) is 0 Å². The van der Waals surface area contributed by atoms with Crippen molar-refractivity contribution in [1.82, 2.24) is 5.32 Å². The maximum atomic E-state index is 8.35. The smallest absolute Gasteiger partial charge is 0.171 e. The van der Waals surface area contributed by atoms with Crippen molar-refractivity contribution in [3.8, 4) is 0 Å². The number of nitrogens with zero attached hydrogens (tertiary/aromatic N) is 1. The number of rotatable bonds is 2. The van der Waals surface area contributed by atoms with Gasteiger partial charge in [-0.15, -0.1) is 0 Å². The highest BCUT2D eigenvalue weighted by Gasteiger charge is 1.97. The highest BCUT2D eigenvalue weighted by Crippen LogP contribution is 1.92. The van der Waals surface area contributed by atoms with Gasteiger partial charge in [-0.05, 0) is 6.92 Å². The van der Waals surface area contributed by atoms with Crippen LogP contribution in [0, 0.1) is 0 Å². The van der Waals surface area contributed by atoms with Crippen molar-refractivity contribution in [3.63, 3.8) is 0 Å². The van der Waals surface area contributed by atoms with Gasteiger partial charge in [-0.2, -0.15) is 0 Å². The van der Waals surface area contributed by atoms with Crippen LogP contribution in [0.4, 0.5) is 0 Å². The third-order valence-electron chi connectivity index (χ3n) is 1.00. The zero-order chi connectivity index (χ0) is 7.98. The van der Waals surface area contributed by atoms with Gasteiger partial charge in [0.2, 0.25) is 0 Å². The Morgan fingerprint density at radius 2 is 2.30 bits per heavy atom. The van der Waals surface area contributed by atoms with E-state index in [-0.39, 0.29) is 0 Å². The Kier molecular flexibility index (Phi) is 4.11. The lowest BCUT2D eigenvalue weighted by molar-refractivity contribution is 0.315. The maximum Gasteiger partial charge on any atom is 0.171 e. The van der Waals surface area contributed by atoms with E-state index in [1.54, 1.807) is 14.0 Å².